The molecule has 0 atom stereocenters. The molecule has 0 radical (unpaired) electrons. The zero-order valence-electron chi connectivity index (χ0n) is 14.5. The lowest BCUT2D eigenvalue weighted by Gasteiger charge is -2.14. The minimum atomic E-state index is -4.97. The molecule has 0 fully saturated rings. The van der Waals surface area contributed by atoms with Crippen molar-refractivity contribution in [3.63, 3.8) is 0 Å². The summed E-state index contributed by atoms with van der Waals surface area (Å²) < 4.78 is 59.5. The van der Waals surface area contributed by atoms with Crippen LogP contribution in [0.3, 0.4) is 0 Å². The number of rotatable bonds is 4. The lowest BCUT2D eigenvalue weighted by Crippen LogP contribution is -2.41. The Balaban J connectivity index is 2.33. The minimum Gasteiger partial charge on any atom is -0.481 e. The van der Waals surface area contributed by atoms with Crippen LogP contribution < -0.4 is 11.2 Å². The van der Waals surface area contributed by atoms with Crippen molar-refractivity contribution in [2.45, 2.75) is 19.0 Å². The highest BCUT2D eigenvalue weighted by Crippen LogP contribution is 2.34. The van der Waals surface area contributed by atoms with E-state index in [1.807, 2.05) is 0 Å². The molecule has 0 saturated carbocycles. The number of carboxylic acids is 1. The molecule has 12 heteroatoms. The summed E-state index contributed by atoms with van der Waals surface area (Å²) in [5.41, 5.74) is -5.12. The van der Waals surface area contributed by atoms with Gasteiger partial charge in [-0.05, 0) is 12.1 Å². The molecule has 1 N–H and O–H groups in total. The van der Waals surface area contributed by atoms with Gasteiger partial charge in [-0.25, -0.2) is 13.8 Å². The maximum absolute atomic E-state index is 14.7. The van der Waals surface area contributed by atoms with Crippen molar-refractivity contribution in [2.24, 2.45) is 7.05 Å². The van der Waals surface area contributed by atoms with E-state index < -0.39 is 40.6 Å². The van der Waals surface area contributed by atoms with E-state index in [4.69, 9.17) is 21.1 Å². The number of nitrogens with zero attached hydrogens (tertiary/aromatic N) is 2. The van der Waals surface area contributed by atoms with Gasteiger partial charge in [0.05, 0.1) is 11.4 Å². The predicted molar refractivity (Wildman–Crippen MR) is 93.0 cm³/mol. The number of carboxylic acid groups (broad SMARTS) is 1. The van der Waals surface area contributed by atoms with Crippen LogP contribution in [0.4, 0.5) is 17.6 Å². The molecule has 2 aromatic heterocycles. The molecule has 0 amide bonds. The zero-order valence-corrected chi connectivity index (χ0v) is 15.3. The average Bonchev–Trinajstić information content (AvgIpc) is 3.02. The Kier molecular flexibility index (Phi) is 5.03. The molecule has 154 valence electrons. The van der Waals surface area contributed by atoms with Crippen LogP contribution >= 0.6 is 11.6 Å². The smallest absolute Gasteiger partial charge is 0.431 e. The Morgan fingerprint density at radius 1 is 1.24 bits per heavy atom. The third kappa shape index (κ3) is 3.65. The van der Waals surface area contributed by atoms with Gasteiger partial charge in [0, 0.05) is 24.9 Å². The lowest BCUT2D eigenvalue weighted by molar-refractivity contribution is -0.144. The number of aliphatic carboxylic acids is 1. The first-order valence-corrected chi connectivity index (χ1v) is 8.32. The Morgan fingerprint density at radius 2 is 1.90 bits per heavy atom. The van der Waals surface area contributed by atoms with Crippen LogP contribution in [0.15, 0.2) is 32.2 Å². The highest BCUT2D eigenvalue weighted by molar-refractivity contribution is 6.35. The molecule has 7 nitrogen and oxygen atoms in total. The van der Waals surface area contributed by atoms with E-state index >= 15 is 0 Å². The fourth-order valence-electron chi connectivity index (χ4n) is 2.85. The number of furan rings is 1. The van der Waals surface area contributed by atoms with Gasteiger partial charge < -0.3 is 9.52 Å². The van der Waals surface area contributed by atoms with Crippen LogP contribution in [0.5, 0.6) is 0 Å². The van der Waals surface area contributed by atoms with Gasteiger partial charge in [0.25, 0.3) is 5.56 Å². The Labute approximate surface area is 163 Å². The molecule has 2 heterocycles. The van der Waals surface area contributed by atoms with Crippen molar-refractivity contribution in [3.8, 4) is 5.69 Å². The van der Waals surface area contributed by atoms with Crippen molar-refractivity contribution in [3.05, 3.63) is 61.3 Å². The second-order valence-electron chi connectivity index (χ2n) is 6.08. The van der Waals surface area contributed by atoms with Crippen molar-refractivity contribution in [1.82, 2.24) is 9.13 Å². The molecule has 0 aliphatic carbocycles. The molecule has 0 saturated heterocycles. The summed E-state index contributed by atoms with van der Waals surface area (Å²) in [5, 5.41) is 8.39. The van der Waals surface area contributed by atoms with E-state index in [1.165, 1.54) is 6.07 Å². The fraction of sp³-hybridized carbons (Fsp3) is 0.235. The number of fused-ring (bicyclic) bond motifs is 1. The minimum absolute atomic E-state index is 0.0768. The average molecular weight is 435 g/mol. The fourth-order valence-corrected chi connectivity index (χ4v) is 3.09. The van der Waals surface area contributed by atoms with Gasteiger partial charge in [-0.2, -0.15) is 13.2 Å². The van der Waals surface area contributed by atoms with Gasteiger partial charge in [-0.15, -0.1) is 0 Å². The maximum atomic E-state index is 14.7. The molecule has 3 aromatic rings. The topological polar surface area (TPSA) is 94.4 Å². The van der Waals surface area contributed by atoms with Gasteiger partial charge in [0.2, 0.25) is 0 Å². The number of carbonyl (C=O) groups is 1. The number of alkyl halides is 3. The normalized spacial score (nSPS) is 11.9. The van der Waals surface area contributed by atoms with Crippen LogP contribution in [-0.2, 0) is 24.4 Å². The standard InChI is InChI=1S/C17H11ClF4N2O5/c1-23-11(17(20,21)22)6-12(25)24(16(23)28)14-8-4-7(2-3-13(26)27)29-15(8)9(18)5-10(14)19/h4-6H,2-3H2,1H3,(H,26,27). The quantitative estimate of drug-likeness (QED) is 0.637. The highest BCUT2D eigenvalue weighted by Gasteiger charge is 2.35. The monoisotopic (exact) mass is 434 g/mol. The summed E-state index contributed by atoms with van der Waals surface area (Å²) in [6.45, 7) is 0. The van der Waals surface area contributed by atoms with Crippen molar-refractivity contribution in [1.29, 1.82) is 0 Å². The van der Waals surface area contributed by atoms with Crippen molar-refractivity contribution >= 4 is 28.5 Å². The van der Waals surface area contributed by atoms with E-state index in [2.05, 4.69) is 0 Å². The predicted octanol–water partition coefficient (Wildman–Crippen LogP) is 3.11. The van der Waals surface area contributed by atoms with Gasteiger partial charge in [-0.1, -0.05) is 11.6 Å². The first kappa shape index (κ1) is 20.6. The summed E-state index contributed by atoms with van der Waals surface area (Å²) in [4.78, 5) is 35.5. The van der Waals surface area contributed by atoms with Crippen LogP contribution in [0.25, 0.3) is 16.7 Å². The first-order chi connectivity index (χ1) is 13.4. The number of benzene rings is 1. The van der Waals surface area contributed by atoms with Gasteiger partial charge in [0.1, 0.15) is 23.0 Å². The van der Waals surface area contributed by atoms with E-state index in [0.717, 1.165) is 13.1 Å². The molecule has 0 unspecified atom stereocenters. The lowest BCUT2D eigenvalue weighted by atomic mass is 10.1. The largest absolute Gasteiger partial charge is 0.481 e. The number of aryl methyl sites for hydroxylation is 1. The molecule has 0 bridgehead atoms. The third-order valence-electron chi connectivity index (χ3n) is 4.15. The second kappa shape index (κ2) is 7.07. The van der Waals surface area contributed by atoms with E-state index in [9.17, 15) is 31.9 Å². The van der Waals surface area contributed by atoms with Crippen molar-refractivity contribution < 1.29 is 31.9 Å². The molecule has 1 aromatic carbocycles. The highest BCUT2D eigenvalue weighted by atomic mass is 35.5. The van der Waals surface area contributed by atoms with Crippen LogP contribution in [0.2, 0.25) is 5.02 Å². The molecule has 29 heavy (non-hydrogen) atoms. The Morgan fingerprint density at radius 3 is 2.48 bits per heavy atom. The molecule has 3 rings (SSSR count). The summed E-state index contributed by atoms with van der Waals surface area (Å²) in [5.74, 6) is -2.20. The van der Waals surface area contributed by atoms with E-state index in [1.54, 1.807) is 0 Å². The van der Waals surface area contributed by atoms with Gasteiger partial charge in [-0.3, -0.25) is 14.2 Å². The molecule has 0 spiro atoms. The second-order valence-corrected chi connectivity index (χ2v) is 6.49. The number of hydrogen-bond acceptors (Lipinski definition) is 4. The number of halogens is 5. The summed E-state index contributed by atoms with van der Waals surface area (Å²) in [7, 11) is 0.791. The van der Waals surface area contributed by atoms with Gasteiger partial charge >= 0.3 is 17.8 Å². The summed E-state index contributed by atoms with van der Waals surface area (Å²) >= 11 is 5.92. The Bertz CT molecular complexity index is 1260. The molecular weight excluding hydrogens is 424 g/mol. The number of aromatic nitrogens is 2. The van der Waals surface area contributed by atoms with E-state index in [0.29, 0.717) is 0 Å². The van der Waals surface area contributed by atoms with E-state index in [-0.39, 0.29) is 49.8 Å². The number of hydrogen-bond donors (Lipinski definition) is 1. The van der Waals surface area contributed by atoms with Crippen LogP contribution in [-0.4, -0.2) is 20.2 Å². The van der Waals surface area contributed by atoms with Crippen LogP contribution in [0, 0.1) is 5.82 Å². The zero-order chi connectivity index (χ0) is 21.7. The molecule has 0 aliphatic rings. The van der Waals surface area contributed by atoms with Crippen LogP contribution in [0.1, 0.15) is 17.9 Å². The first-order valence-electron chi connectivity index (χ1n) is 7.94. The third-order valence-corrected chi connectivity index (χ3v) is 4.44. The molecule has 0 aliphatic heterocycles. The maximum Gasteiger partial charge on any atom is 0.431 e. The van der Waals surface area contributed by atoms with Gasteiger partial charge in [0.15, 0.2) is 5.58 Å². The SMILES string of the molecule is Cn1c(C(F)(F)F)cc(=O)n(-c2c(F)cc(Cl)c3oc(CCC(=O)O)cc23)c1=O. The Hall–Kier alpha value is -3.08. The van der Waals surface area contributed by atoms with Crippen molar-refractivity contribution in [2.75, 3.05) is 0 Å². The molecular formula is C17H11ClF4N2O5. The summed E-state index contributed by atoms with van der Waals surface area (Å²) in [6, 6.07) is 2.10. The summed E-state index contributed by atoms with van der Waals surface area (Å²) in [6.07, 6.45) is -5.39.